The lowest BCUT2D eigenvalue weighted by atomic mass is 10.1. The number of fused-ring (bicyclic) bond motifs is 1. The lowest BCUT2D eigenvalue weighted by Gasteiger charge is -2.38. The zero-order valence-electron chi connectivity index (χ0n) is 22.1. The van der Waals surface area contributed by atoms with Crippen LogP contribution in [0.3, 0.4) is 0 Å². The van der Waals surface area contributed by atoms with Crippen LogP contribution in [0.1, 0.15) is 20.8 Å². The van der Waals surface area contributed by atoms with Gasteiger partial charge in [0.2, 0.25) is 0 Å². The molecule has 6 rings (SSSR count). The molecule has 4 aromatic carbocycles. The maximum Gasteiger partial charge on any atom is 0.188 e. The smallest absolute Gasteiger partial charge is 0.188 e. The molecule has 3 unspecified atom stereocenters. The Kier molecular flexibility index (Phi) is 7.50. The summed E-state index contributed by atoms with van der Waals surface area (Å²) in [6.45, 7) is 6.37. The first-order valence-corrected chi connectivity index (χ1v) is 16.1. The largest absolute Gasteiger partial charge is 0.345 e. The molecule has 0 radical (unpaired) electrons. The summed E-state index contributed by atoms with van der Waals surface area (Å²) in [5.74, 6) is -0.667. The summed E-state index contributed by atoms with van der Waals surface area (Å²) in [4.78, 5) is 0. The van der Waals surface area contributed by atoms with E-state index in [1.807, 2.05) is 13.8 Å². The van der Waals surface area contributed by atoms with Crippen molar-refractivity contribution < 1.29 is 14.2 Å². The van der Waals surface area contributed by atoms with Crippen LogP contribution in [0.2, 0.25) is 0 Å². The summed E-state index contributed by atoms with van der Waals surface area (Å²) < 4.78 is 20.0. The molecule has 0 N–H and O–H groups in total. The molecular weight excluding hydrogens is 506 g/mol. The fourth-order valence-electron chi connectivity index (χ4n) is 5.82. The van der Waals surface area contributed by atoms with Gasteiger partial charge in [0.15, 0.2) is 12.1 Å². The first-order chi connectivity index (χ1) is 18.5. The summed E-state index contributed by atoms with van der Waals surface area (Å²) >= 11 is 0. The molecule has 5 heteroatoms. The average molecular weight is 541 g/mol. The molecule has 2 heterocycles. The SMILES string of the molecule is CC([C@H]1O[C@@H]2OC(C)(C)OC2C1P(c1ccccc1)c1ccccc1)P(c1ccccc1)c1ccccc1. The summed E-state index contributed by atoms with van der Waals surface area (Å²) in [5.41, 5.74) is 0.395. The van der Waals surface area contributed by atoms with Gasteiger partial charge >= 0.3 is 0 Å². The molecule has 0 saturated carbocycles. The number of benzene rings is 4. The predicted molar refractivity (Wildman–Crippen MR) is 160 cm³/mol. The van der Waals surface area contributed by atoms with Crippen molar-refractivity contribution in [3.63, 3.8) is 0 Å². The van der Waals surface area contributed by atoms with E-state index in [4.69, 9.17) is 14.2 Å². The molecule has 2 aliphatic rings. The van der Waals surface area contributed by atoms with Gasteiger partial charge in [-0.1, -0.05) is 128 Å². The van der Waals surface area contributed by atoms with Gasteiger partial charge in [-0.2, -0.15) is 0 Å². The average Bonchev–Trinajstić information content (AvgIpc) is 3.43. The van der Waals surface area contributed by atoms with Crippen LogP contribution in [0.4, 0.5) is 0 Å². The second-order valence-electron chi connectivity index (χ2n) is 10.4. The van der Waals surface area contributed by atoms with Gasteiger partial charge in [0.1, 0.15) is 6.10 Å². The van der Waals surface area contributed by atoms with Gasteiger partial charge in [-0.05, 0) is 50.9 Å². The highest BCUT2D eigenvalue weighted by Crippen LogP contribution is 2.56. The van der Waals surface area contributed by atoms with Crippen LogP contribution in [0.25, 0.3) is 0 Å². The van der Waals surface area contributed by atoms with Crippen LogP contribution in [0.15, 0.2) is 121 Å². The quantitative estimate of drug-likeness (QED) is 0.274. The Morgan fingerprint density at radius 3 is 1.47 bits per heavy atom. The third-order valence-electron chi connectivity index (χ3n) is 7.37. The number of hydrogen-bond acceptors (Lipinski definition) is 3. The Hall–Kier alpha value is -2.38. The van der Waals surface area contributed by atoms with Crippen molar-refractivity contribution in [2.45, 2.75) is 56.4 Å². The third kappa shape index (κ3) is 5.12. The van der Waals surface area contributed by atoms with Crippen LogP contribution < -0.4 is 21.2 Å². The van der Waals surface area contributed by atoms with Crippen LogP contribution in [-0.4, -0.2) is 35.6 Å². The molecule has 0 aromatic heterocycles. The minimum Gasteiger partial charge on any atom is -0.345 e. The van der Waals surface area contributed by atoms with Crippen molar-refractivity contribution in [3.05, 3.63) is 121 Å². The lowest BCUT2D eigenvalue weighted by Crippen LogP contribution is -2.43. The van der Waals surface area contributed by atoms with Gasteiger partial charge in [0.25, 0.3) is 0 Å². The zero-order valence-corrected chi connectivity index (χ0v) is 23.8. The van der Waals surface area contributed by atoms with E-state index in [-0.39, 0.29) is 29.8 Å². The molecule has 2 saturated heterocycles. The van der Waals surface area contributed by atoms with Crippen LogP contribution in [0.5, 0.6) is 0 Å². The molecule has 38 heavy (non-hydrogen) atoms. The minimum absolute atomic E-state index is 0.0286. The van der Waals surface area contributed by atoms with Crippen LogP contribution in [-0.2, 0) is 14.2 Å². The molecule has 0 spiro atoms. The van der Waals surface area contributed by atoms with Crippen LogP contribution >= 0.6 is 15.8 Å². The Labute approximate surface area is 228 Å². The molecule has 2 aliphatic heterocycles. The van der Waals surface area contributed by atoms with Crippen molar-refractivity contribution >= 4 is 37.1 Å². The van der Waals surface area contributed by atoms with Crippen molar-refractivity contribution in [2.24, 2.45) is 0 Å². The number of rotatable bonds is 7. The Bertz CT molecular complexity index is 1240. The summed E-state index contributed by atoms with van der Waals surface area (Å²) in [5, 5.41) is 5.42. The van der Waals surface area contributed by atoms with E-state index in [0.29, 0.717) is 0 Å². The molecule has 0 bridgehead atoms. The molecular formula is C33H34O3P2. The maximum absolute atomic E-state index is 6.93. The monoisotopic (exact) mass is 540 g/mol. The summed E-state index contributed by atoms with van der Waals surface area (Å²) in [7, 11) is -1.46. The molecule has 194 valence electrons. The van der Waals surface area contributed by atoms with E-state index < -0.39 is 21.6 Å². The standard InChI is InChI=1S/C33H34O3P2/c1-24(37(25-16-8-4-9-17-25)26-18-10-5-11-19-26)29-31(30-32(34-29)36-33(2,3)35-30)38(27-20-12-6-13-21-27)28-22-14-7-15-23-28/h4-24,29-32H,1-3H3/t24?,29-,30?,31?,32-/m1/s1. The Morgan fingerprint density at radius 2 is 1.03 bits per heavy atom. The van der Waals surface area contributed by atoms with Crippen molar-refractivity contribution in [1.82, 2.24) is 0 Å². The molecule has 0 aliphatic carbocycles. The molecule has 0 amide bonds. The van der Waals surface area contributed by atoms with Crippen molar-refractivity contribution in [1.29, 1.82) is 0 Å². The van der Waals surface area contributed by atoms with Crippen molar-refractivity contribution in [3.8, 4) is 0 Å². The van der Waals surface area contributed by atoms with E-state index in [1.54, 1.807) is 0 Å². The molecule has 5 atom stereocenters. The first kappa shape index (κ1) is 25.9. The van der Waals surface area contributed by atoms with Crippen LogP contribution in [0, 0.1) is 0 Å². The number of ether oxygens (including phenoxy) is 3. The zero-order chi connectivity index (χ0) is 26.1. The van der Waals surface area contributed by atoms with Gasteiger partial charge in [-0.3, -0.25) is 0 Å². The summed E-state index contributed by atoms with van der Waals surface area (Å²) in [6.07, 6.45) is -0.533. The molecule has 4 aromatic rings. The van der Waals surface area contributed by atoms with E-state index in [2.05, 4.69) is 128 Å². The fraction of sp³-hybridized carbons (Fsp3) is 0.273. The highest BCUT2D eigenvalue weighted by atomic mass is 31.1. The van der Waals surface area contributed by atoms with Gasteiger partial charge < -0.3 is 14.2 Å². The van der Waals surface area contributed by atoms with Gasteiger partial charge in [0.05, 0.1) is 6.10 Å². The second-order valence-corrected chi connectivity index (χ2v) is 15.3. The number of hydrogen-bond donors (Lipinski definition) is 0. The Morgan fingerprint density at radius 1 is 0.605 bits per heavy atom. The van der Waals surface area contributed by atoms with E-state index >= 15 is 0 Å². The summed E-state index contributed by atoms with van der Waals surface area (Å²) in [6, 6.07) is 43.7. The highest BCUT2D eigenvalue weighted by Gasteiger charge is 2.59. The van der Waals surface area contributed by atoms with E-state index in [0.717, 1.165) is 0 Å². The lowest BCUT2D eigenvalue weighted by molar-refractivity contribution is -0.203. The third-order valence-corrected chi connectivity index (χ3v) is 13.1. The van der Waals surface area contributed by atoms with Gasteiger partial charge in [-0.25, -0.2) is 0 Å². The first-order valence-electron chi connectivity index (χ1n) is 13.3. The Balaban J connectivity index is 1.47. The minimum atomic E-state index is -0.779. The second kappa shape index (κ2) is 11.0. The van der Waals surface area contributed by atoms with Gasteiger partial charge in [0, 0.05) is 11.3 Å². The predicted octanol–water partition coefficient (Wildman–Crippen LogP) is 5.89. The molecule has 3 nitrogen and oxygen atoms in total. The highest BCUT2D eigenvalue weighted by molar-refractivity contribution is 7.74. The van der Waals surface area contributed by atoms with E-state index in [9.17, 15) is 0 Å². The normalized spacial score (nSPS) is 25.0. The fourth-order valence-corrected chi connectivity index (χ4v) is 11.8. The van der Waals surface area contributed by atoms with Crippen molar-refractivity contribution in [2.75, 3.05) is 0 Å². The van der Waals surface area contributed by atoms with Gasteiger partial charge in [-0.15, -0.1) is 0 Å². The van der Waals surface area contributed by atoms with E-state index in [1.165, 1.54) is 21.2 Å². The molecule has 2 fully saturated rings. The topological polar surface area (TPSA) is 27.7 Å². The maximum atomic E-state index is 6.93.